The second-order valence-corrected chi connectivity index (χ2v) is 6.87. The number of H-pyrrole nitrogens is 2. The van der Waals surface area contributed by atoms with E-state index in [1.807, 2.05) is 17.1 Å². The van der Waals surface area contributed by atoms with E-state index in [-0.39, 0.29) is 23.3 Å². The molecule has 0 bridgehead atoms. The maximum Gasteiger partial charge on any atom is 0.326 e. The summed E-state index contributed by atoms with van der Waals surface area (Å²) >= 11 is 12.0. The number of hydrogen-bond donors (Lipinski definition) is 4. The van der Waals surface area contributed by atoms with Crippen molar-refractivity contribution >= 4 is 34.8 Å². The van der Waals surface area contributed by atoms with Gasteiger partial charge in [0.05, 0.1) is 10.0 Å². The number of amides is 1. The second-order valence-electron chi connectivity index (χ2n) is 6.05. The molecule has 2 aromatic rings. The third-order valence-electron chi connectivity index (χ3n) is 4.39. The minimum atomic E-state index is -0.783. The summed E-state index contributed by atoms with van der Waals surface area (Å²) in [5.74, 6) is -0.323. The number of benzene rings is 1. The zero-order chi connectivity index (χ0) is 18.1. The zero-order valence-electron chi connectivity index (χ0n) is 13.1. The molecule has 1 saturated carbocycles. The molecule has 132 valence electrons. The van der Waals surface area contributed by atoms with Crippen molar-refractivity contribution in [3.8, 4) is 0 Å². The molecule has 1 aliphatic rings. The summed E-state index contributed by atoms with van der Waals surface area (Å²) in [5, 5.41) is 3.82. The maximum absolute atomic E-state index is 12.3. The maximum atomic E-state index is 12.3. The molecule has 3 rings (SSSR count). The first-order chi connectivity index (χ1) is 11.8. The molecule has 0 spiro atoms. The molecule has 0 unspecified atom stereocenters. The molecular weight excluding hydrogens is 367 g/mol. The van der Waals surface area contributed by atoms with Gasteiger partial charge in [0, 0.05) is 6.04 Å². The first-order valence-corrected chi connectivity index (χ1v) is 8.48. The van der Waals surface area contributed by atoms with Crippen LogP contribution in [-0.4, -0.2) is 21.9 Å². The Labute approximate surface area is 152 Å². The first-order valence-electron chi connectivity index (χ1n) is 7.73. The van der Waals surface area contributed by atoms with Crippen LogP contribution in [0.1, 0.15) is 41.2 Å². The van der Waals surface area contributed by atoms with Crippen molar-refractivity contribution in [3.05, 3.63) is 60.3 Å². The van der Waals surface area contributed by atoms with E-state index in [0.717, 1.165) is 24.8 Å². The molecule has 1 aromatic carbocycles. The van der Waals surface area contributed by atoms with Crippen LogP contribution in [0.15, 0.2) is 27.8 Å². The van der Waals surface area contributed by atoms with Gasteiger partial charge >= 0.3 is 5.69 Å². The summed E-state index contributed by atoms with van der Waals surface area (Å²) in [5.41, 5.74) is 4.56. The topological polar surface area (TPSA) is 121 Å². The van der Waals surface area contributed by atoms with Crippen LogP contribution in [0.25, 0.3) is 0 Å². The van der Waals surface area contributed by atoms with E-state index in [2.05, 4.69) is 10.3 Å². The van der Waals surface area contributed by atoms with Gasteiger partial charge in [-0.3, -0.25) is 14.6 Å². The monoisotopic (exact) mass is 382 g/mol. The number of nitrogens with two attached hydrogens (primary N) is 1. The Morgan fingerprint density at radius 2 is 1.92 bits per heavy atom. The fourth-order valence-corrected chi connectivity index (χ4v) is 3.42. The Morgan fingerprint density at radius 1 is 1.16 bits per heavy atom. The number of aromatic nitrogens is 2. The number of rotatable bonds is 3. The number of nitrogens with one attached hydrogen (secondary N) is 3. The minimum Gasteiger partial charge on any atom is -0.392 e. The van der Waals surface area contributed by atoms with Crippen molar-refractivity contribution in [2.75, 3.05) is 5.73 Å². The standard InChI is InChI=1S/C16H16Cl2N4O3/c17-10-4-2-8(6-11(10)18)7-1-3-9(5-7)20-15(24)13-12(19)14(23)22-16(25)21-13/h2,4,6-7,9H,1,3,5,19H2,(H,20,24)(H2,21,22,23,25)/t7-,9+/m0/s1. The smallest absolute Gasteiger partial charge is 0.326 e. The van der Waals surface area contributed by atoms with Gasteiger partial charge in [-0.2, -0.15) is 0 Å². The van der Waals surface area contributed by atoms with Crippen LogP contribution < -0.4 is 22.3 Å². The molecule has 1 fully saturated rings. The van der Waals surface area contributed by atoms with Gasteiger partial charge in [-0.05, 0) is 42.9 Å². The Bertz CT molecular complexity index is 938. The summed E-state index contributed by atoms with van der Waals surface area (Å²) in [4.78, 5) is 39.4. The fourth-order valence-electron chi connectivity index (χ4n) is 3.11. The van der Waals surface area contributed by atoms with Crippen molar-refractivity contribution in [1.29, 1.82) is 0 Å². The molecule has 25 heavy (non-hydrogen) atoms. The average Bonchev–Trinajstić information content (AvgIpc) is 3.01. The van der Waals surface area contributed by atoms with Crippen LogP contribution in [-0.2, 0) is 0 Å². The number of nitrogen functional groups attached to an aromatic ring is 1. The lowest BCUT2D eigenvalue weighted by Gasteiger charge is -2.14. The molecule has 1 aromatic heterocycles. The fraction of sp³-hybridized carbons (Fsp3) is 0.312. The van der Waals surface area contributed by atoms with Gasteiger partial charge in [0.15, 0.2) is 0 Å². The highest BCUT2D eigenvalue weighted by molar-refractivity contribution is 6.42. The normalized spacial score (nSPS) is 19.8. The molecule has 5 N–H and O–H groups in total. The number of anilines is 1. The van der Waals surface area contributed by atoms with E-state index in [0.29, 0.717) is 10.0 Å². The molecule has 1 amide bonds. The Balaban J connectivity index is 1.71. The molecule has 0 aliphatic heterocycles. The summed E-state index contributed by atoms with van der Waals surface area (Å²) in [7, 11) is 0. The van der Waals surface area contributed by atoms with Crippen LogP contribution in [0.4, 0.5) is 5.69 Å². The Morgan fingerprint density at radius 3 is 2.64 bits per heavy atom. The lowest BCUT2D eigenvalue weighted by molar-refractivity contribution is 0.0933. The molecule has 0 saturated heterocycles. The van der Waals surface area contributed by atoms with E-state index in [4.69, 9.17) is 28.9 Å². The van der Waals surface area contributed by atoms with Gasteiger partial charge in [0.25, 0.3) is 11.5 Å². The minimum absolute atomic E-state index is 0.0888. The molecule has 2 atom stereocenters. The highest BCUT2D eigenvalue weighted by Gasteiger charge is 2.28. The molecular formula is C16H16Cl2N4O3. The van der Waals surface area contributed by atoms with Gasteiger partial charge < -0.3 is 16.0 Å². The highest BCUT2D eigenvalue weighted by Crippen LogP contribution is 2.36. The largest absolute Gasteiger partial charge is 0.392 e. The Hall–Kier alpha value is -2.25. The van der Waals surface area contributed by atoms with Gasteiger partial charge in [0.1, 0.15) is 11.4 Å². The van der Waals surface area contributed by atoms with Gasteiger partial charge in [0.2, 0.25) is 0 Å². The SMILES string of the molecule is Nc1c(C(=O)N[C@@H]2CC[C@H](c3ccc(Cl)c(Cl)c3)C2)[nH]c(=O)[nH]c1=O. The number of hydrogen-bond acceptors (Lipinski definition) is 4. The highest BCUT2D eigenvalue weighted by atomic mass is 35.5. The van der Waals surface area contributed by atoms with Crippen molar-refractivity contribution in [2.45, 2.75) is 31.2 Å². The number of aromatic amines is 2. The van der Waals surface area contributed by atoms with E-state index in [9.17, 15) is 14.4 Å². The summed E-state index contributed by atoms with van der Waals surface area (Å²) in [6.07, 6.45) is 2.37. The summed E-state index contributed by atoms with van der Waals surface area (Å²) in [6, 6.07) is 5.43. The number of carbonyl (C=O) groups is 1. The lowest BCUT2D eigenvalue weighted by atomic mass is 9.97. The molecule has 1 heterocycles. The van der Waals surface area contributed by atoms with Gasteiger partial charge in [-0.25, -0.2) is 4.79 Å². The van der Waals surface area contributed by atoms with Crippen LogP contribution in [0.3, 0.4) is 0 Å². The van der Waals surface area contributed by atoms with Crippen molar-refractivity contribution < 1.29 is 4.79 Å². The molecule has 0 radical (unpaired) electrons. The zero-order valence-corrected chi connectivity index (χ0v) is 14.6. The van der Waals surface area contributed by atoms with E-state index < -0.39 is 17.2 Å². The summed E-state index contributed by atoms with van der Waals surface area (Å²) < 4.78 is 0. The van der Waals surface area contributed by atoms with E-state index in [1.54, 1.807) is 6.07 Å². The second kappa shape index (κ2) is 6.93. The van der Waals surface area contributed by atoms with Crippen LogP contribution in [0.2, 0.25) is 10.0 Å². The third kappa shape index (κ3) is 3.72. The average molecular weight is 383 g/mol. The van der Waals surface area contributed by atoms with E-state index >= 15 is 0 Å². The molecule has 9 heteroatoms. The van der Waals surface area contributed by atoms with Crippen LogP contribution in [0.5, 0.6) is 0 Å². The van der Waals surface area contributed by atoms with Gasteiger partial charge in [-0.1, -0.05) is 29.3 Å². The van der Waals surface area contributed by atoms with Crippen molar-refractivity contribution in [1.82, 2.24) is 15.3 Å². The van der Waals surface area contributed by atoms with Crippen molar-refractivity contribution in [2.24, 2.45) is 0 Å². The predicted octanol–water partition coefficient (Wildman–Crippen LogP) is 2.02. The van der Waals surface area contributed by atoms with E-state index in [1.165, 1.54) is 0 Å². The predicted molar refractivity (Wildman–Crippen MR) is 96.4 cm³/mol. The summed E-state index contributed by atoms with van der Waals surface area (Å²) in [6.45, 7) is 0. The van der Waals surface area contributed by atoms with Gasteiger partial charge in [-0.15, -0.1) is 0 Å². The van der Waals surface area contributed by atoms with Crippen molar-refractivity contribution in [3.63, 3.8) is 0 Å². The lowest BCUT2D eigenvalue weighted by Crippen LogP contribution is -2.37. The molecule has 7 nitrogen and oxygen atoms in total. The first kappa shape index (κ1) is 17.6. The number of halogens is 2. The third-order valence-corrected chi connectivity index (χ3v) is 5.13. The molecule has 1 aliphatic carbocycles. The quantitative estimate of drug-likeness (QED) is 0.648. The van der Waals surface area contributed by atoms with Crippen LogP contribution in [0, 0.1) is 0 Å². The Kier molecular flexibility index (Phi) is 4.87. The van der Waals surface area contributed by atoms with Crippen LogP contribution >= 0.6 is 23.2 Å². The number of carbonyl (C=O) groups excluding carboxylic acids is 1.